The molecule has 0 spiro atoms. The Kier molecular flexibility index (Phi) is 2.69. The maximum atomic E-state index is 4.01. The molecule has 1 aliphatic rings. The number of hydrazone groups is 1. The minimum atomic E-state index is 0.458. The van der Waals surface area contributed by atoms with E-state index in [1.54, 1.807) is 0 Å². The average Bonchev–Trinajstić information content (AvgIpc) is 1.93. The second kappa shape index (κ2) is 3.56. The van der Waals surface area contributed by atoms with Gasteiger partial charge in [0.15, 0.2) is 0 Å². The first-order chi connectivity index (χ1) is 5.20. The van der Waals surface area contributed by atoms with Gasteiger partial charge in [0, 0.05) is 6.21 Å². The number of rotatable bonds is 2. The second-order valence-electron chi connectivity index (χ2n) is 3.50. The highest BCUT2D eigenvalue weighted by Gasteiger charge is 2.12. The maximum Gasteiger partial charge on any atom is 0.0652 e. The molecule has 1 N–H and O–H groups in total. The summed E-state index contributed by atoms with van der Waals surface area (Å²) in [7, 11) is 0. The normalized spacial score (nSPS) is 23.3. The van der Waals surface area contributed by atoms with E-state index in [9.17, 15) is 0 Å². The number of nitrogens with zero attached hydrogens (tertiary/aromatic N) is 1. The molecule has 1 aliphatic heterocycles. The molecule has 0 saturated carbocycles. The summed E-state index contributed by atoms with van der Waals surface area (Å²) < 4.78 is 0. The van der Waals surface area contributed by atoms with Crippen molar-refractivity contribution < 1.29 is 0 Å². The highest BCUT2D eigenvalue weighted by atomic mass is 15.3. The van der Waals surface area contributed by atoms with E-state index in [4.69, 9.17) is 0 Å². The molecule has 0 saturated heterocycles. The van der Waals surface area contributed by atoms with Crippen LogP contribution in [0.5, 0.6) is 0 Å². The van der Waals surface area contributed by atoms with Gasteiger partial charge < -0.3 is 5.43 Å². The minimum absolute atomic E-state index is 0.458. The predicted molar refractivity (Wildman–Crippen MR) is 48.6 cm³/mol. The molecule has 2 nitrogen and oxygen atoms in total. The lowest BCUT2D eigenvalue weighted by molar-refractivity contribution is 0.465. The van der Waals surface area contributed by atoms with Crippen LogP contribution < -0.4 is 5.43 Å². The molecule has 0 aromatic rings. The molecule has 0 radical (unpaired) electrons. The highest BCUT2D eigenvalue weighted by Crippen LogP contribution is 2.13. The molecule has 0 aromatic heterocycles. The Balaban J connectivity index is 2.47. The Bertz CT molecular complexity index is 180. The van der Waals surface area contributed by atoms with Crippen LogP contribution in [0.2, 0.25) is 0 Å². The monoisotopic (exact) mass is 152 g/mol. The smallest absolute Gasteiger partial charge is 0.0652 e. The second-order valence-corrected chi connectivity index (χ2v) is 3.50. The Hall–Kier alpha value is -0.790. The van der Waals surface area contributed by atoms with Crippen LogP contribution in [0, 0.1) is 5.92 Å². The van der Waals surface area contributed by atoms with E-state index in [0.717, 1.165) is 5.92 Å². The molecule has 0 fully saturated rings. The first-order valence-corrected chi connectivity index (χ1v) is 4.15. The Morgan fingerprint density at radius 3 is 2.91 bits per heavy atom. The summed E-state index contributed by atoms with van der Waals surface area (Å²) in [5.74, 6) is 0.726. The van der Waals surface area contributed by atoms with Gasteiger partial charge in [-0.05, 0) is 30.9 Å². The van der Waals surface area contributed by atoms with E-state index >= 15 is 0 Å². The van der Waals surface area contributed by atoms with Crippen molar-refractivity contribution in [1.29, 1.82) is 0 Å². The third-order valence-corrected chi connectivity index (χ3v) is 1.90. The third-order valence-electron chi connectivity index (χ3n) is 1.90. The van der Waals surface area contributed by atoms with E-state index in [1.165, 1.54) is 12.0 Å². The fraction of sp³-hybridized carbons (Fsp3) is 0.667. The van der Waals surface area contributed by atoms with Crippen molar-refractivity contribution in [3.8, 4) is 0 Å². The van der Waals surface area contributed by atoms with Crippen LogP contribution in [0.3, 0.4) is 0 Å². The van der Waals surface area contributed by atoms with Crippen molar-refractivity contribution in [3.05, 3.63) is 11.6 Å². The molecule has 0 aromatic carbocycles. The van der Waals surface area contributed by atoms with Crippen molar-refractivity contribution in [2.75, 3.05) is 0 Å². The van der Waals surface area contributed by atoms with Crippen molar-refractivity contribution in [2.24, 2.45) is 11.0 Å². The number of hydrogen-bond acceptors (Lipinski definition) is 2. The number of allylic oxidation sites excluding steroid dienone is 1. The molecule has 0 amide bonds. The van der Waals surface area contributed by atoms with Crippen molar-refractivity contribution >= 4 is 6.21 Å². The van der Waals surface area contributed by atoms with E-state index in [1.807, 2.05) is 6.21 Å². The van der Waals surface area contributed by atoms with Crippen LogP contribution in [0.4, 0.5) is 0 Å². The zero-order valence-electron chi connectivity index (χ0n) is 7.46. The molecule has 2 heteroatoms. The van der Waals surface area contributed by atoms with Crippen LogP contribution in [-0.4, -0.2) is 12.3 Å². The maximum absolute atomic E-state index is 4.01. The molecular weight excluding hydrogens is 136 g/mol. The first-order valence-electron chi connectivity index (χ1n) is 4.15. The Labute approximate surface area is 68.4 Å². The fourth-order valence-corrected chi connectivity index (χ4v) is 1.22. The summed E-state index contributed by atoms with van der Waals surface area (Å²) in [6.07, 6.45) is 5.05. The summed E-state index contributed by atoms with van der Waals surface area (Å²) in [5, 5.41) is 4.01. The quantitative estimate of drug-likeness (QED) is 0.642. The summed E-state index contributed by atoms with van der Waals surface area (Å²) in [6, 6.07) is 0.458. The van der Waals surface area contributed by atoms with Crippen molar-refractivity contribution in [3.63, 3.8) is 0 Å². The SMILES string of the molecule is CC1=CC=NNC1CC(C)C. The van der Waals surface area contributed by atoms with Gasteiger partial charge in [-0.25, -0.2) is 0 Å². The molecule has 1 atom stereocenters. The molecule has 11 heavy (non-hydrogen) atoms. The standard InChI is InChI=1S/C9H16N2/c1-7(2)6-9-8(3)4-5-10-11-9/h4-5,7,9,11H,6H2,1-3H3. The van der Waals surface area contributed by atoms with Gasteiger partial charge in [-0.3, -0.25) is 0 Å². The van der Waals surface area contributed by atoms with Gasteiger partial charge in [0.05, 0.1) is 6.04 Å². The van der Waals surface area contributed by atoms with Crippen LogP contribution in [0.25, 0.3) is 0 Å². The molecule has 0 aliphatic carbocycles. The number of hydrogen-bond donors (Lipinski definition) is 1. The van der Waals surface area contributed by atoms with Crippen LogP contribution in [0.1, 0.15) is 27.2 Å². The van der Waals surface area contributed by atoms with Gasteiger partial charge in [0.25, 0.3) is 0 Å². The lowest BCUT2D eigenvalue weighted by Gasteiger charge is -2.21. The van der Waals surface area contributed by atoms with E-state index in [-0.39, 0.29) is 0 Å². The molecule has 1 unspecified atom stereocenters. The van der Waals surface area contributed by atoms with Crippen LogP contribution in [0.15, 0.2) is 16.8 Å². The van der Waals surface area contributed by atoms with E-state index < -0.39 is 0 Å². The third kappa shape index (κ3) is 2.37. The molecule has 1 heterocycles. The Morgan fingerprint density at radius 2 is 2.36 bits per heavy atom. The molecular formula is C9H16N2. The topological polar surface area (TPSA) is 24.4 Å². The van der Waals surface area contributed by atoms with Gasteiger partial charge in [-0.1, -0.05) is 13.8 Å². The van der Waals surface area contributed by atoms with Gasteiger partial charge >= 0.3 is 0 Å². The summed E-state index contributed by atoms with van der Waals surface area (Å²) in [6.45, 7) is 6.60. The fourth-order valence-electron chi connectivity index (χ4n) is 1.22. The first kappa shape index (κ1) is 8.31. The average molecular weight is 152 g/mol. The van der Waals surface area contributed by atoms with Gasteiger partial charge in [0.1, 0.15) is 0 Å². The number of nitrogens with one attached hydrogen (secondary N) is 1. The van der Waals surface area contributed by atoms with Crippen molar-refractivity contribution in [1.82, 2.24) is 5.43 Å². The van der Waals surface area contributed by atoms with Gasteiger partial charge in [-0.15, -0.1) is 0 Å². The van der Waals surface area contributed by atoms with Gasteiger partial charge in [-0.2, -0.15) is 5.10 Å². The zero-order valence-corrected chi connectivity index (χ0v) is 7.46. The molecule has 1 rings (SSSR count). The summed E-state index contributed by atoms with van der Waals surface area (Å²) in [4.78, 5) is 0. The van der Waals surface area contributed by atoms with Gasteiger partial charge in [0.2, 0.25) is 0 Å². The highest BCUT2D eigenvalue weighted by molar-refractivity contribution is 5.73. The van der Waals surface area contributed by atoms with Crippen LogP contribution >= 0.6 is 0 Å². The minimum Gasteiger partial charge on any atom is -0.303 e. The van der Waals surface area contributed by atoms with E-state index in [2.05, 4.69) is 37.4 Å². The lowest BCUT2D eigenvalue weighted by Crippen LogP contribution is -2.29. The van der Waals surface area contributed by atoms with Crippen molar-refractivity contribution in [2.45, 2.75) is 33.2 Å². The zero-order chi connectivity index (χ0) is 8.27. The molecule has 62 valence electrons. The molecule has 0 bridgehead atoms. The van der Waals surface area contributed by atoms with Crippen LogP contribution in [-0.2, 0) is 0 Å². The lowest BCUT2D eigenvalue weighted by atomic mass is 9.98. The van der Waals surface area contributed by atoms with E-state index in [0.29, 0.717) is 6.04 Å². The summed E-state index contributed by atoms with van der Waals surface area (Å²) >= 11 is 0. The largest absolute Gasteiger partial charge is 0.303 e. The predicted octanol–water partition coefficient (Wildman–Crippen LogP) is 1.94. The summed E-state index contributed by atoms with van der Waals surface area (Å²) in [5.41, 5.74) is 4.48. The Morgan fingerprint density at radius 1 is 1.64 bits per heavy atom.